The number of rotatable bonds is 10. The van der Waals surface area contributed by atoms with E-state index >= 15 is 0 Å². The zero-order valence-electron chi connectivity index (χ0n) is 25.2. The number of benzene rings is 4. The largest absolute Gasteiger partial charge is 0.491 e. The molecule has 0 aliphatic heterocycles. The molecule has 0 bridgehead atoms. The Kier molecular flexibility index (Phi) is 8.06. The van der Waals surface area contributed by atoms with Crippen LogP contribution in [-0.4, -0.2) is 36.6 Å². The Labute approximate surface area is 271 Å². The maximum Gasteiger partial charge on any atom is 0.122 e. The van der Waals surface area contributed by atoms with Crippen LogP contribution < -0.4 is 9.47 Å². The third-order valence-electron chi connectivity index (χ3n) is 8.76. The molecule has 2 aromatic heterocycles. The van der Waals surface area contributed by atoms with Crippen LogP contribution in [0.5, 0.6) is 11.5 Å². The quantitative estimate of drug-likeness (QED) is 0.159. The first-order valence-electron chi connectivity index (χ1n) is 15.1. The molecule has 0 saturated heterocycles. The highest BCUT2D eigenvalue weighted by atomic mass is 32.1. The SMILES string of the molecule is Cc1cc(C2(c3ccc(OCCO)c(C)c3)c3ccc(-c4ccsc4)cc3-c3cc(-c4ccsc4)ccc32)ccc1OCCO. The van der Waals surface area contributed by atoms with E-state index in [9.17, 15) is 10.2 Å². The molecule has 0 radical (unpaired) electrons. The van der Waals surface area contributed by atoms with Gasteiger partial charge in [0, 0.05) is 0 Å². The van der Waals surface area contributed by atoms with Gasteiger partial charge in [-0.3, -0.25) is 0 Å². The fourth-order valence-electron chi connectivity index (χ4n) is 6.74. The molecule has 4 aromatic carbocycles. The molecule has 7 rings (SSSR count). The smallest absolute Gasteiger partial charge is 0.122 e. The van der Waals surface area contributed by atoms with Gasteiger partial charge < -0.3 is 19.7 Å². The summed E-state index contributed by atoms with van der Waals surface area (Å²) >= 11 is 3.42. The molecule has 6 heteroatoms. The monoisotopic (exact) mass is 630 g/mol. The zero-order chi connectivity index (χ0) is 31.0. The van der Waals surface area contributed by atoms with Crippen molar-refractivity contribution in [3.63, 3.8) is 0 Å². The van der Waals surface area contributed by atoms with Crippen LogP contribution in [-0.2, 0) is 5.41 Å². The van der Waals surface area contributed by atoms with Gasteiger partial charge in [0.2, 0.25) is 0 Å². The van der Waals surface area contributed by atoms with Gasteiger partial charge in [-0.25, -0.2) is 0 Å². The van der Waals surface area contributed by atoms with E-state index < -0.39 is 5.41 Å². The molecule has 4 nitrogen and oxygen atoms in total. The molecule has 2 N–H and O–H groups in total. The average Bonchev–Trinajstić information content (AvgIpc) is 3.84. The maximum absolute atomic E-state index is 9.39. The number of aryl methyl sites for hydroxylation is 2. The predicted molar refractivity (Wildman–Crippen MR) is 185 cm³/mol. The molecule has 1 aliphatic carbocycles. The first-order valence-corrected chi connectivity index (χ1v) is 17.0. The second-order valence-corrected chi connectivity index (χ2v) is 13.0. The lowest BCUT2D eigenvalue weighted by Crippen LogP contribution is -2.29. The van der Waals surface area contributed by atoms with Gasteiger partial charge in [0.25, 0.3) is 0 Å². The van der Waals surface area contributed by atoms with Crippen LogP contribution >= 0.6 is 22.7 Å². The van der Waals surface area contributed by atoms with E-state index in [1.54, 1.807) is 22.7 Å². The van der Waals surface area contributed by atoms with E-state index in [4.69, 9.17) is 9.47 Å². The number of aliphatic hydroxyl groups excluding tert-OH is 2. The summed E-state index contributed by atoms with van der Waals surface area (Å²) in [5.74, 6) is 1.54. The second-order valence-electron chi connectivity index (χ2n) is 11.4. The molecule has 0 unspecified atom stereocenters. The van der Waals surface area contributed by atoms with Gasteiger partial charge in [-0.05, 0) is 139 Å². The maximum atomic E-state index is 9.39. The summed E-state index contributed by atoms with van der Waals surface area (Å²) in [6.45, 7) is 4.57. The summed E-state index contributed by atoms with van der Waals surface area (Å²) in [6.07, 6.45) is 0. The van der Waals surface area contributed by atoms with Crippen LogP contribution in [0.25, 0.3) is 33.4 Å². The summed E-state index contributed by atoms with van der Waals surface area (Å²) in [6, 6.07) is 31.1. The highest BCUT2D eigenvalue weighted by Gasteiger charge is 2.46. The third kappa shape index (κ3) is 5.08. The Morgan fingerprint density at radius 1 is 0.556 bits per heavy atom. The Balaban J connectivity index is 1.53. The van der Waals surface area contributed by atoms with Crippen molar-refractivity contribution in [2.45, 2.75) is 19.3 Å². The number of ether oxygens (including phenoxy) is 2. The Morgan fingerprint density at radius 2 is 1.02 bits per heavy atom. The third-order valence-corrected chi connectivity index (χ3v) is 10.1. The minimum absolute atomic E-state index is 0.0330. The van der Waals surface area contributed by atoms with Gasteiger partial charge in [-0.2, -0.15) is 22.7 Å². The fraction of sp³-hybridized carbons (Fsp3) is 0.179. The summed E-state index contributed by atoms with van der Waals surface area (Å²) in [7, 11) is 0. The van der Waals surface area contributed by atoms with Crippen LogP contribution in [0.15, 0.2) is 106 Å². The van der Waals surface area contributed by atoms with Crippen LogP contribution in [0.2, 0.25) is 0 Å². The molecule has 2 heterocycles. The predicted octanol–water partition coefficient (Wildman–Crippen LogP) is 8.87. The fourth-order valence-corrected chi connectivity index (χ4v) is 8.07. The van der Waals surface area contributed by atoms with Crippen molar-refractivity contribution in [2.75, 3.05) is 26.4 Å². The number of thiophene rings is 2. The zero-order valence-corrected chi connectivity index (χ0v) is 26.9. The molecule has 0 fully saturated rings. The first kappa shape index (κ1) is 29.5. The molecule has 45 heavy (non-hydrogen) atoms. The number of hydrogen-bond donors (Lipinski definition) is 2. The van der Waals surface area contributed by atoms with Crippen molar-refractivity contribution in [1.82, 2.24) is 0 Å². The van der Waals surface area contributed by atoms with E-state index in [1.165, 1.54) is 44.5 Å². The van der Waals surface area contributed by atoms with Crippen LogP contribution in [0.4, 0.5) is 0 Å². The van der Waals surface area contributed by atoms with Crippen LogP contribution in [0.3, 0.4) is 0 Å². The van der Waals surface area contributed by atoms with Gasteiger partial charge in [-0.15, -0.1) is 0 Å². The summed E-state index contributed by atoms with van der Waals surface area (Å²) < 4.78 is 11.8. The molecule has 0 amide bonds. The highest BCUT2D eigenvalue weighted by molar-refractivity contribution is 7.08. The van der Waals surface area contributed by atoms with Gasteiger partial charge in [0.1, 0.15) is 24.7 Å². The molecule has 226 valence electrons. The van der Waals surface area contributed by atoms with Crippen LogP contribution in [0.1, 0.15) is 33.4 Å². The summed E-state index contributed by atoms with van der Waals surface area (Å²) in [4.78, 5) is 0. The molecule has 1 aliphatic rings. The minimum Gasteiger partial charge on any atom is -0.491 e. The molecule has 0 atom stereocenters. The summed E-state index contributed by atoms with van der Waals surface area (Å²) in [5.41, 5.74) is 13.5. The van der Waals surface area contributed by atoms with Crippen molar-refractivity contribution < 1.29 is 19.7 Å². The highest BCUT2D eigenvalue weighted by Crippen LogP contribution is 2.58. The molecular formula is C39H34O4S2. The Morgan fingerprint density at radius 3 is 1.40 bits per heavy atom. The van der Waals surface area contributed by atoms with E-state index in [0.29, 0.717) is 0 Å². The molecule has 0 saturated carbocycles. The van der Waals surface area contributed by atoms with Crippen molar-refractivity contribution in [3.05, 3.63) is 140 Å². The normalized spacial score (nSPS) is 13.0. The van der Waals surface area contributed by atoms with Gasteiger partial charge in [0.05, 0.1) is 18.6 Å². The van der Waals surface area contributed by atoms with E-state index in [1.807, 2.05) is 12.1 Å². The van der Waals surface area contributed by atoms with Crippen molar-refractivity contribution in [2.24, 2.45) is 0 Å². The molecular weight excluding hydrogens is 597 g/mol. The van der Waals surface area contributed by atoms with E-state index in [2.05, 4.69) is 108 Å². The summed E-state index contributed by atoms with van der Waals surface area (Å²) in [5, 5.41) is 27.4. The second kappa shape index (κ2) is 12.3. The minimum atomic E-state index is -0.606. The number of aliphatic hydroxyl groups is 2. The Hall–Kier alpha value is -4.20. The first-order chi connectivity index (χ1) is 22.0. The lowest BCUT2D eigenvalue weighted by atomic mass is 9.67. The van der Waals surface area contributed by atoms with E-state index in [0.717, 1.165) is 33.8 Å². The number of fused-ring (bicyclic) bond motifs is 3. The van der Waals surface area contributed by atoms with Crippen molar-refractivity contribution >= 4 is 22.7 Å². The van der Waals surface area contributed by atoms with Gasteiger partial charge >= 0.3 is 0 Å². The lowest BCUT2D eigenvalue weighted by molar-refractivity contribution is 0.200. The topological polar surface area (TPSA) is 58.9 Å². The van der Waals surface area contributed by atoms with Gasteiger partial charge in [-0.1, -0.05) is 48.5 Å². The lowest BCUT2D eigenvalue weighted by Gasteiger charge is -2.35. The van der Waals surface area contributed by atoms with Crippen molar-refractivity contribution in [1.29, 1.82) is 0 Å². The molecule has 0 spiro atoms. The molecule has 6 aromatic rings. The standard InChI is InChI=1S/C39H34O4S2/c1-25-19-31(5-9-37(25)42-15-13-40)39(32-6-10-38(26(2)20-32)43-16-14-41)35-7-3-27(29-11-17-44-23-29)21-33(35)34-22-28(4-8-36(34)39)30-12-18-45-24-30/h3-12,17-24,40-41H,13-16H2,1-2H3. The number of hydrogen-bond acceptors (Lipinski definition) is 6. The van der Waals surface area contributed by atoms with Gasteiger partial charge in [0.15, 0.2) is 0 Å². The average molecular weight is 631 g/mol. The van der Waals surface area contributed by atoms with Crippen molar-refractivity contribution in [3.8, 4) is 44.9 Å². The van der Waals surface area contributed by atoms with E-state index in [-0.39, 0.29) is 26.4 Å². The van der Waals surface area contributed by atoms with Crippen LogP contribution in [0, 0.1) is 13.8 Å². The Bertz CT molecular complexity index is 1810.